The SMILES string of the molecule is CC1CNC(=O)CCN1Cc1ccc(C(=O)Nc2ccc(C#N)cn2)cc1. The molecule has 0 bridgehead atoms. The average molecular weight is 363 g/mol. The zero-order valence-electron chi connectivity index (χ0n) is 15.1. The lowest BCUT2D eigenvalue weighted by Crippen LogP contribution is -2.37. The molecule has 3 rings (SSSR count). The number of hydrogen-bond acceptors (Lipinski definition) is 5. The third-order valence-corrected chi connectivity index (χ3v) is 4.58. The highest BCUT2D eigenvalue weighted by Crippen LogP contribution is 2.13. The highest BCUT2D eigenvalue weighted by Gasteiger charge is 2.20. The van der Waals surface area contributed by atoms with Gasteiger partial charge in [0.25, 0.3) is 5.91 Å². The van der Waals surface area contributed by atoms with Crippen molar-refractivity contribution in [3.05, 3.63) is 59.3 Å². The second kappa shape index (κ2) is 8.43. The number of rotatable bonds is 4. The Morgan fingerprint density at radius 2 is 2.11 bits per heavy atom. The van der Waals surface area contributed by atoms with Crippen molar-refractivity contribution in [2.45, 2.75) is 25.9 Å². The molecular formula is C20H21N5O2. The van der Waals surface area contributed by atoms with Gasteiger partial charge < -0.3 is 10.6 Å². The summed E-state index contributed by atoms with van der Waals surface area (Å²) in [6.07, 6.45) is 1.92. The van der Waals surface area contributed by atoms with Gasteiger partial charge in [-0.25, -0.2) is 4.98 Å². The first-order valence-corrected chi connectivity index (χ1v) is 8.82. The molecule has 138 valence electrons. The van der Waals surface area contributed by atoms with Crippen LogP contribution in [0.25, 0.3) is 0 Å². The van der Waals surface area contributed by atoms with Crippen molar-refractivity contribution in [3.8, 4) is 6.07 Å². The molecule has 7 heteroatoms. The fourth-order valence-electron chi connectivity index (χ4n) is 2.90. The molecule has 0 radical (unpaired) electrons. The molecule has 2 N–H and O–H groups in total. The molecule has 2 amide bonds. The van der Waals surface area contributed by atoms with Crippen molar-refractivity contribution < 1.29 is 9.59 Å². The first-order chi connectivity index (χ1) is 13.0. The molecule has 2 aromatic rings. The summed E-state index contributed by atoms with van der Waals surface area (Å²) in [4.78, 5) is 30.2. The van der Waals surface area contributed by atoms with Crippen LogP contribution in [0.5, 0.6) is 0 Å². The minimum atomic E-state index is -0.253. The van der Waals surface area contributed by atoms with Crippen molar-refractivity contribution >= 4 is 17.6 Å². The number of nitrogens with one attached hydrogen (secondary N) is 2. The molecular weight excluding hydrogens is 342 g/mol. The summed E-state index contributed by atoms with van der Waals surface area (Å²) < 4.78 is 0. The van der Waals surface area contributed by atoms with E-state index in [-0.39, 0.29) is 17.9 Å². The van der Waals surface area contributed by atoms with Gasteiger partial charge in [-0.05, 0) is 36.8 Å². The molecule has 1 atom stereocenters. The fourth-order valence-corrected chi connectivity index (χ4v) is 2.90. The Bertz CT molecular complexity index is 855. The maximum atomic E-state index is 12.3. The number of nitriles is 1. The van der Waals surface area contributed by atoms with Crippen LogP contribution < -0.4 is 10.6 Å². The van der Waals surface area contributed by atoms with Crippen LogP contribution in [0, 0.1) is 11.3 Å². The smallest absolute Gasteiger partial charge is 0.256 e. The number of hydrogen-bond donors (Lipinski definition) is 2. The largest absolute Gasteiger partial charge is 0.355 e. The van der Waals surface area contributed by atoms with E-state index in [9.17, 15) is 9.59 Å². The maximum absolute atomic E-state index is 12.3. The molecule has 0 saturated carbocycles. The van der Waals surface area contributed by atoms with Crippen molar-refractivity contribution in [1.82, 2.24) is 15.2 Å². The lowest BCUT2D eigenvalue weighted by Gasteiger charge is -2.26. The Kier molecular flexibility index (Phi) is 5.79. The van der Waals surface area contributed by atoms with Crippen LogP contribution in [-0.4, -0.2) is 40.8 Å². The standard InChI is InChI=1S/C20H21N5O2/c1-14-11-23-19(26)8-9-25(14)13-15-2-5-17(6-3-15)20(27)24-18-7-4-16(10-21)12-22-18/h2-7,12,14H,8-9,11,13H2,1H3,(H,23,26)(H,22,24,27). The summed E-state index contributed by atoms with van der Waals surface area (Å²) >= 11 is 0. The van der Waals surface area contributed by atoms with E-state index in [4.69, 9.17) is 5.26 Å². The predicted molar refractivity (Wildman–Crippen MR) is 101 cm³/mol. The summed E-state index contributed by atoms with van der Waals surface area (Å²) in [5.74, 6) is 0.239. The topological polar surface area (TPSA) is 98.1 Å². The number of amides is 2. The van der Waals surface area contributed by atoms with E-state index in [2.05, 4.69) is 27.4 Å². The molecule has 7 nitrogen and oxygen atoms in total. The lowest BCUT2D eigenvalue weighted by atomic mass is 10.1. The predicted octanol–water partition coefficient (Wildman–Crippen LogP) is 1.92. The van der Waals surface area contributed by atoms with Crippen molar-refractivity contribution in [2.24, 2.45) is 0 Å². The van der Waals surface area contributed by atoms with Gasteiger partial charge in [0, 0.05) is 43.9 Å². The first-order valence-electron chi connectivity index (χ1n) is 8.82. The van der Waals surface area contributed by atoms with Crippen LogP contribution in [0.3, 0.4) is 0 Å². The second-order valence-corrected chi connectivity index (χ2v) is 6.57. The van der Waals surface area contributed by atoms with E-state index < -0.39 is 0 Å². The number of aromatic nitrogens is 1. The summed E-state index contributed by atoms with van der Waals surface area (Å²) in [6.45, 7) is 4.20. The molecule has 0 spiro atoms. The van der Waals surface area contributed by atoms with E-state index >= 15 is 0 Å². The van der Waals surface area contributed by atoms with E-state index in [1.165, 1.54) is 6.20 Å². The third kappa shape index (κ3) is 4.90. The quantitative estimate of drug-likeness (QED) is 0.865. The average Bonchev–Trinajstić information content (AvgIpc) is 2.85. The van der Waals surface area contributed by atoms with E-state index in [1.807, 2.05) is 18.2 Å². The zero-order valence-corrected chi connectivity index (χ0v) is 15.1. The van der Waals surface area contributed by atoms with Gasteiger partial charge >= 0.3 is 0 Å². The molecule has 1 fully saturated rings. The van der Waals surface area contributed by atoms with E-state index in [0.29, 0.717) is 29.9 Å². The molecule has 0 aliphatic carbocycles. The molecule has 1 aromatic carbocycles. The Hall–Kier alpha value is -3.24. The molecule has 1 aromatic heterocycles. The minimum Gasteiger partial charge on any atom is -0.355 e. The number of carbonyl (C=O) groups excluding carboxylic acids is 2. The van der Waals surface area contributed by atoms with Gasteiger partial charge in [0.2, 0.25) is 5.91 Å². The number of anilines is 1. The highest BCUT2D eigenvalue weighted by molar-refractivity contribution is 6.03. The maximum Gasteiger partial charge on any atom is 0.256 e. The summed E-state index contributed by atoms with van der Waals surface area (Å²) in [5.41, 5.74) is 2.06. The van der Waals surface area contributed by atoms with E-state index in [1.54, 1.807) is 24.3 Å². The van der Waals surface area contributed by atoms with Crippen molar-refractivity contribution in [3.63, 3.8) is 0 Å². The Balaban J connectivity index is 1.61. The van der Waals surface area contributed by atoms with Gasteiger partial charge in [0.05, 0.1) is 5.56 Å². The minimum absolute atomic E-state index is 0.0905. The molecule has 1 aliphatic rings. The normalized spacial score (nSPS) is 17.5. The Morgan fingerprint density at radius 1 is 1.33 bits per heavy atom. The lowest BCUT2D eigenvalue weighted by molar-refractivity contribution is -0.120. The van der Waals surface area contributed by atoms with Crippen LogP contribution in [-0.2, 0) is 11.3 Å². The third-order valence-electron chi connectivity index (χ3n) is 4.58. The Labute approximate surface area is 158 Å². The van der Waals surface area contributed by atoms with Gasteiger partial charge in [0.1, 0.15) is 11.9 Å². The van der Waals surface area contributed by atoms with E-state index in [0.717, 1.165) is 18.7 Å². The van der Waals surface area contributed by atoms with Gasteiger partial charge in [0.15, 0.2) is 0 Å². The van der Waals surface area contributed by atoms with Crippen LogP contribution in [0.2, 0.25) is 0 Å². The number of nitrogens with zero attached hydrogens (tertiary/aromatic N) is 3. The van der Waals surface area contributed by atoms with Gasteiger partial charge in [-0.3, -0.25) is 14.5 Å². The van der Waals surface area contributed by atoms with Gasteiger partial charge in [-0.15, -0.1) is 0 Å². The van der Waals surface area contributed by atoms with Crippen molar-refractivity contribution in [2.75, 3.05) is 18.4 Å². The monoisotopic (exact) mass is 363 g/mol. The number of benzene rings is 1. The molecule has 2 heterocycles. The summed E-state index contributed by atoms with van der Waals surface area (Å²) in [6, 6.07) is 12.9. The number of pyridine rings is 1. The fraction of sp³-hybridized carbons (Fsp3) is 0.300. The van der Waals surface area contributed by atoms with Crippen LogP contribution in [0.1, 0.15) is 34.8 Å². The van der Waals surface area contributed by atoms with Crippen LogP contribution >= 0.6 is 0 Å². The van der Waals surface area contributed by atoms with Gasteiger partial charge in [-0.2, -0.15) is 5.26 Å². The molecule has 27 heavy (non-hydrogen) atoms. The zero-order chi connectivity index (χ0) is 19.2. The summed E-state index contributed by atoms with van der Waals surface area (Å²) in [7, 11) is 0. The first kappa shape index (κ1) is 18.5. The van der Waals surface area contributed by atoms with Crippen LogP contribution in [0.15, 0.2) is 42.6 Å². The van der Waals surface area contributed by atoms with Crippen molar-refractivity contribution in [1.29, 1.82) is 5.26 Å². The number of carbonyl (C=O) groups is 2. The van der Waals surface area contributed by atoms with Gasteiger partial charge in [-0.1, -0.05) is 12.1 Å². The molecule has 1 aliphatic heterocycles. The summed E-state index contributed by atoms with van der Waals surface area (Å²) in [5, 5.41) is 14.4. The molecule has 1 saturated heterocycles. The second-order valence-electron chi connectivity index (χ2n) is 6.57. The highest BCUT2D eigenvalue weighted by atomic mass is 16.2. The Morgan fingerprint density at radius 3 is 2.78 bits per heavy atom. The molecule has 1 unspecified atom stereocenters. The van der Waals surface area contributed by atoms with Crippen LogP contribution in [0.4, 0.5) is 5.82 Å².